The number of hydrogen-bond donors (Lipinski definition) is 0. The lowest BCUT2D eigenvalue weighted by molar-refractivity contribution is -0.0395. The fourth-order valence-corrected chi connectivity index (χ4v) is 6.74. The Morgan fingerprint density at radius 1 is 1.08 bits per heavy atom. The first-order chi connectivity index (χ1) is 23.7. The third-order valence-electron chi connectivity index (χ3n) is 9.39. The molecule has 4 heterocycles. The van der Waals surface area contributed by atoms with Crippen LogP contribution in [-0.2, 0) is 16.1 Å². The molecule has 2 fully saturated rings. The van der Waals surface area contributed by atoms with E-state index >= 15 is 4.39 Å². The molecule has 0 saturated carbocycles. The van der Waals surface area contributed by atoms with Crippen molar-refractivity contribution in [2.75, 3.05) is 19.7 Å². The van der Waals surface area contributed by atoms with Crippen LogP contribution in [0.15, 0.2) is 60.8 Å². The topological polar surface area (TPSA) is 99.0 Å². The smallest absolute Gasteiger partial charge is 0.410 e. The number of carbonyl (C=O) groups is 2. The van der Waals surface area contributed by atoms with Gasteiger partial charge in [0.15, 0.2) is 11.9 Å². The normalized spacial score (nSPS) is 19.5. The average Bonchev–Trinajstić information content (AvgIpc) is 3.50. The minimum Gasteiger partial charge on any atom is -0.489 e. The molecule has 0 N–H and O–H groups in total. The van der Waals surface area contributed by atoms with Crippen LogP contribution in [0.3, 0.4) is 0 Å². The van der Waals surface area contributed by atoms with Crippen molar-refractivity contribution >= 4 is 23.0 Å². The molecule has 50 heavy (non-hydrogen) atoms. The summed E-state index contributed by atoms with van der Waals surface area (Å²) >= 11 is 0. The van der Waals surface area contributed by atoms with Crippen LogP contribution in [0.4, 0.5) is 9.18 Å². The second kappa shape index (κ2) is 14.0. The first kappa shape index (κ1) is 35.3. The van der Waals surface area contributed by atoms with E-state index in [2.05, 4.69) is 5.10 Å². The van der Waals surface area contributed by atoms with Gasteiger partial charge in [-0.05, 0) is 83.6 Å². The van der Waals surface area contributed by atoms with Gasteiger partial charge in [0.1, 0.15) is 23.8 Å². The van der Waals surface area contributed by atoms with Crippen LogP contribution in [0.1, 0.15) is 89.9 Å². The maximum absolute atomic E-state index is 15.9. The van der Waals surface area contributed by atoms with E-state index in [-0.39, 0.29) is 36.2 Å². The largest absolute Gasteiger partial charge is 0.489 e. The van der Waals surface area contributed by atoms with Gasteiger partial charge in [-0.2, -0.15) is 5.10 Å². The third-order valence-corrected chi connectivity index (χ3v) is 9.39. The summed E-state index contributed by atoms with van der Waals surface area (Å²) in [5, 5.41) is 5.21. The number of aromatic nitrogens is 3. The predicted octanol–water partition coefficient (Wildman–Crippen LogP) is 8.01. The lowest BCUT2D eigenvalue weighted by Gasteiger charge is -2.52. The number of pyridine rings is 1. The quantitative estimate of drug-likeness (QED) is 0.194. The van der Waals surface area contributed by atoms with Crippen molar-refractivity contribution in [2.45, 2.75) is 97.7 Å². The zero-order valence-electron chi connectivity index (χ0n) is 30.1. The van der Waals surface area contributed by atoms with Crippen LogP contribution >= 0.6 is 0 Å². The monoisotopic (exact) mass is 685 g/mol. The molecule has 0 radical (unpaired) electrons. The van der Waals surface area contributed by atoms with Crippen molar-refractivity contribution < 1.29 is 28.2 Å². The Hall–Kier alpha value is -4.51. The minimum absolute atomic E-state index is 0.0462. The summed E-state index contributed by atoms with van der Waals surface area (Å²) in [6.45, 7) is 15.0. The van der Waals surface area contributed by atoms with Crippen molar-refractivity contribution in [1.29, 1.82) is 0 Å². The minimum atomic E-state index is -0.749. The van der Waals surface area contributed by atoms with Gasteiger partial charge < -0.3 is 24.0 Å². The van der Waals surface area contributed by atoms with E-state index in [1.165, 1.54) is 6.07 Å². The van der Waals surface area contributed by atoms with Gasteiger partial charge in [0.2, 0.25) is 0 Å². The Kier molecular flexibility index (Phi) is 9.90. The van der Waals surface area contributed by atoms with E-state index < -0.39 is 23.1 Å². The molecule has 2 saturated heterocycles. The van der Waals surface area contributed by atoms with E-state index in [0.717, 1.165) is 24.8 Å². The zero-order valence-corrected chi connectivity index (χ0v) is 30.1. The Labute approximate surface area is 293 Å². The Bertz CT molecular complexity index is 1840. The Morgan fingerprint density at radius 3 is 2.50 bits per heavy atom. The molecule has 2 aliphatic heterocycles. The van der Waals surface area contributed by atoms with E-state index in [4.69, 9.17) is 19.2 Å². The van der Waals surface area contributed by atoms with E-state index in [9.17, 15) is 9.59 Å². The molecule has 2 aromatic carbocycles. The standard InChI is InChI=1S/C39H48FN5O5/c1-25(2)33-22-44(39(6,7)24-43(33)37(47)50-38(3,4)5)36(46)29-20-32(42-35-30(29)21-41-45(35)34-15-11-12-18-48-34)28-17-16-27(19-31(28)40)49-23-26-13-9-8-10-14-26/h8-10,13-14,16-17,19-21,25,33-34H,11-12,15,18,22-24H2,1-7H3. The number of ether oxygens (including phenoxy) is 3. The van der Waals surface area contributed by atoms with Crippen LogP contribution in [-0.4, -0.2) is 73.4 Å². The average molecular weight is 686 g/mol. The second-order valence-corrected chi connectivity index (χ2v) is 15.3. The number of nitrogens with zero attached hydrogens (tertiary/aromatic N) is 5. The number of amides is 2. The third kappa shape index (κ3) is 7.47. The molecule has 0 aliphatic carbocycles. The van der Waals surface area contributed by atoms with Gasteiger partial charge in [0.05, 0.1) is 34.4 Å². The number of halogens is 1. The number of piperazine rings is 1. The van der Waals surface area contributed by atoms with Crippen LogP contribution in [0.2, 0.25) is 0 Å². The molecule has 2 unspecified atom stereocenters. The lowest BCUT2D eigenvalue weighted by Crippen LogP contribution is -2.67. The molecule has 6 rings (SSSR count). The predicted molar refractivity (Wildman–Crippen MR) is 189 cm³/mol. The van der Waals surface area contributed by atoms with Crippen molar-refractivity contribution in [3.63, 3.8) is 0 Å². The van der Waals surface area contributed by atoms with E-state index in [1.54, 1.807) is 34.0 Å². The van der Waals surface area contributed by atoms with Gasteiger partial charge >= 0.3 is 6.09 Å². The number of rotatable bonds is 7. The molecule has 266 valence electrons. The number of hydrogen-bond acceptors (Lipinski definition) is 7. The summed E-state index contributed by atoms with van der Waals surface area (Å²) in [4.78, 5) is 36.7. The highest BCUT2D eigenvalue weighted by Crippen LogP contribution is 2.35. The van der Waals surface area contributed by atoms with Gasteiger partial charge in [-0.25, -0.2) is 18.9 Å². The lowest BCUT2D eigenvalue weighted by atomic mass is 9.90. The maximum Gasteiger partial charge on any atom is 0.410 e. The summed E-state index contributed by atoms with van der Waals surface area (Å²) in [7, 11) is 0. The molecule has 10 nitrogen and oxygen atoms in total. The van der Waals surface area contributed by atoms with Crippen molar-refractivity contribution in [3.8, 4) is 17.0 Å². The fraction of sp³-hybridized carbons (Fsp3) is 0.487. The molecule has 2 atom stereocenters. The number of benzene rings is 2. The Balaban J connectivity index is 1.38. The molecular formula is C39H48FN5O5. The summed E-state index contributed by atoms with van der Waals surface area (Å²) < 4.78 is 35.4. The van der Waals surface area contributed by atoms with Gasteiger partial charge in [0, 0.05) is 31.3 Å². The van der Waals surface area contributed by atoms with Gasteiger partial charge in [-0.1, -0.05) is 44.2 Å². The van der Waals surface area contributed by atoms with Crippen LogP contribution in [0.5, 0.6) is 5.75 Å². The summed E-state index contributed by atoms with van der Waals surface area (Å²) in [5.41, 5.74) is 0.916. The van der Waals surface area contributed by atoms with Gasteiger partial charge in [-0.15, -0.1) is 0 Å². The highest BCUT2D eigenvalue weighted by atomic mass is 19.1. The summed E-state index contributed by atoms with van der Waals surface area (Å²) in [6.07, 6.45) is 3.60. The first-order valence-electron chi connectivity index (χ1n) is 17.5. The SMILES string of the molecule is CC(C)C1CN(C(=O)c2cc(-c3ccc(OCc4ccccc4)cc3F)nc3c2cnn3C2CCCCO2)C(C)(C)CN1C(=O)OC(C)(C)C. The van der Waals surface area contributed by atoms with Crippen LogP contribution in [0, 0.1) is 11.7 Å². The number of fused-ring (bicyclic) bond motifs is 1. The van der Waals surface area contributed by atoms with Crippen molar-refractivity contribution in [3.05, 3.63) is 77.7 Å². The van der Waals surface area contributed by atoms with Crippen molar-refractivity contribution in [2.24, 2.45) is 5.92 Å². The molecular weight excluding hydrogens is 637 g/mol. The van der Waals surface area contributed by atoms with E-state index in [0.29, 0.717) is 47.8 Å². The first-order valence-corrected chi connectivity index (χ1v) is 17.5. The molecule has 2 aliphatic rings. The number of carbonyl (C=O) groups excluding carboxylic acids is 2. The molecule has 0 bridgehead atoms. The summed E-state index contributed by atoms with van der Waals surface area (Å²) in [5.74, 6) is -0.334. The zero-order chi connectivity index (χ0) is 35.8. The fourth-order valence-electron chi connectivity index (χ4n) is 6.74. The van der Waals surface area contributed by atoms with E-state index in [1.807, 2.05) is 83.7 Å². The molecule has 2 amide bonds. The van der Waals surface area contributed by atoms with Crippen LogP contribution < -0.4 is 4.74 Å². The summed E-state index contributed by atoms with van der Waals surface area (Å²) in [6, 6.07) is 15.7. The van der Waals surface area contributed by atoms with Crippen LogP contribution in [0.25, 0.3) is 22.3 Å². The maximum atomic E-state index is 15.9. The highest BCUT2D eigenvalue weighted by Gasteiger charge is 2.46. The van der Waals surface area contributed by atoms with Gasteiger partial charge in [-0.3, -0.25) is 4.79 Å². The molecule has 4 aromatic rings. The van der Waals surface area contributed by atoms with Gasteiger partial charge in [0.25, 0.3) is 5.91 Å². The molecule has 0 spiro atoms. The van der Waals surface area contributed by atoms with Crippen molar-refractivity contribution in [1.82, 2.24) is 24.6 Å². The second-order valence-electron chi connectivity index (χ2n) is 15.3. The molecule has 11 heteroatoms. The highest BCUT2D eigenvalue weighted by molar-refractivity contribution is 6.07. The molecule has 2 aromatic heterocycles. The Morgan fingerprint density at radius 2 is 1.84 bits per heavy atom.